The smallest absolute Gasteiger partial charge is 0.0958 e. The molecule has 0 aliphatic heterocycles. The zero-order chi connectivity index (χ0) is 12.5. The van der Waals surface area contributed by atoms with Crippen molar-refractivity contribution >= 4 is 11.0 Å². The van der Waals surface area contributed by atoms with Gasteiger partial charge in [-0.1, -0.05) is 0 Å². The molecule has 0 radical (unpaired) electrons. The largest absolute Gasteiger partial charge is 0.336 e. The molecule has 92 valence electrons. The second kappa shape index (κ2) is 4.29. The highest BCUT2D eigenvalue weighted by atomic mass is 15.1. The van der Waals surface area contributed by atoms with Crippen LogP contribution in [0.3, 0.4) is 0 Å². The van der Waals surface area contributed by atoms with Gasteiger partial charge in [0.15, 0.2) is 0 Å². The van der Waals surface area contributed by atoms with Gasteiger partial charge in [0.25, 0.3) is 0 Å². The number of rotatable bonds is 3. The van der Waals surface area contributed by atoms with Gasteiger partial charge in [-0.05, 0) is 37.1 Å². The number of aryl methyl sites for hydroxylation is 4. The maximum absolute atomic E-state index is 4.46. The van der Waals surface area contributed by atoms with Gasteiger partial charge in [0.2, 0.25) is 0 Å². The first-order valence-corrected chi connectivity index (χ1v) is 6.12. The lowest BCUT2D eigenvalue weighted by Crippen LogP contribution is -2.04. The van der Waals surface area contributed by atoms with Crippen LogP contribution in [-0.4, -0.2) is 19.1 Å². The quantitative estimate of drug-likeness (QED) is 0.705. The van der Waals surface area contributed by atoms with Crippen molar-refractivity contribution in [2.75, 3.05) is 0 Å². The topological polar surface area (TPSA) is 35.6 Å². The molecule has 3 rings (SSSR count). The van der Waals surface area contributed by atoms with Crippen LogP contribution in [-0.2, 0) is 13.1 Å². The van der Waals surface area contributed by atoms with Crippen LogP contribution in [0.1, 0.15) is 11.1 Å². The first-order chi connectivity index (χ1) is 8.74. The van der Waals surface area contributed by atoms with E-state index in [0.717, 1.165) is 18.6 Å². The maximum Gasteiger partial charge on any atom is 0.0958 e. The highest BCUT2D eigenvalue weighted by Gasteiger charge is 2.04. The predicted molar refractivity (Wildman–Crippen MR) is 71.4 cm³/mol. The molecule has 0 aliphatic rings. The minimum absolute atomic E-state index is 0.912. The molecular formula is C14H16N4. The summed E-state index contributed by atoms with van der Waals surface area (Å²) in [7, 11) is 0. The summed E-state index contributed by atoms with van der Waals surface area (Å²) in [4.78, 5) is 8.51. The van der Waals surface area contributed by atoms with E-state index in [4.69, 9.17) is 0 Å². The van der Waals surface area contributed by atoms with Crippen LogP contribution in [0.4, 0.5) is 0 Å². The molecule has 0 saturated heterocycles. The summed E-state index contributed by atoms with van der Waals surface area (Å²) in [5.74, 6) is 0. The molecule has 0 atom stereocenters. The lowest BCUT2D eigenvalue weighted by Gasteiger charge is -2.06. The fourth-order valence-electron chi connectivity index (χ4n) is 2.13. The van der Waals surface area contributed by atoms with Gasteiger partial charge in [0.05, 0.1) is 23.7 Å². The summed E-state index contributed by atoms with van der Waals surface area (Å²) in [5, 5.41) is 0. The Morgan fingerprint density at radius 2 is 1.89 bits per heavy atom. The van der Waals surface area contributed by atoms with Crippen molar-refractivity contribution in [3.8, 4) is 0 Å². The van der Waals surface area contributed by atoms with Gasteiger partial charge in [-0.3, -0.25) is 0 Å². The third kappa shape index (κ3) is 1.90. The normalized spacial score (nSPS) is 11.2. The van der Waals surface area contributed by atoms with E-state index in [2.05, 4.69) is 45.1 Å². The number of nitrogens with zero attached hydrogens (tertiary/aromatic N) is 4. The number of fused-ring (bicyclic) bond motifs is 1. The van der Waals surface area contributed by atoms with Gasteiger partial charge in [0, 0.05) is 25.5 Å². The van der Waals surface area contributed by atoms with E-state index < -0.39 is 0 Å². The summed E-state index contributed by atoms with van der Waals surface area (Å²) in [5.41, 5.74) is 4.89. The Kier molecular flexibility index (Phi) is 2.63. The van der Waals surface area contributed by atoms with Crippen molar-refractivity contribution in [3.05, 3.63) is 48.3 Å². The van der Waals surface area contributed by atoms with E-state index in [1.165, 1.54) is 16.6 Å². The fourth-order valence-corrected chi connectivity index (χ4v) is 2.13. The SMILES string of the molecule is Cc1cc2ncn(CCn3ccnc3)c2cc1C. The molecule has 4 nitrogen and oxygen atoms in total. The van der Waals surface area contributed by atoms with Crippen molar-refractivity contribution in [2.24, 2.45) is 0 Å². The lowest BCUT2D eigenvalue weighted by atomic mass is 10.1. The minimum Gasteiger partial charge on any atom is -0.336 e. The number of aromatic nitrogens is 4. The van der Waals surface area contributed by atoms with Crippen LogP contribution in [0.2, 0.25) is 0 Å². The van der Waals surface area contributed by atoms with Gasteiger partial charge < -0.3 is 9.13 Å². The first kappa shape index (κ1) is 11.0. The number of hydrogen-bond donors (Lipinski definition) is 0. The second-order valence-corrected chi connectivity index (χ2v) is 4.66. The Morgan fingerprint density at radius 3 is 2.67 bits per heavy atom. The van der Waals surface area contributed by atoms with Crippen LogP contribution < -0.4 is 0 Å². The zero-order valence-electron chi connectivity index (χ0n) is 10.7. The van der Waals surface area contributed by atoms with Crippen LogP contribution in [0.25, 0.3) is 11.0 Å². The third-order valence-electron chi connectivity index (χ3n) is 3.39. The van der Waals surface area contributed by atoms with E-state index in [9.17, 15) is 0 Å². The Labute approximate surface area is 106 Å². The van der Waals surface area contributed by atoms with E-state index in [-0.39, 0.29) is 0 Å². The highest BCUT2D eigenvalue weighted by Crippen LogP contribution is 2.18. The summed E-state index contributed by atoms with van der Waals surface area (Å²) in [6.07, 6.45) is 7.54. The van der Waals surface area contributed by atoms with Crippen LogP contribution in [0.5, 0.6) is 0 Å². The Bertz CT molecular complexity index is 664. The van der Waals surface area contributed by atoms with Gasteiger partial charge in [0.1, 0.15) is 0 Å². The molecule has 0 unspecified atom stereocenters. The fraction of sp³-hybridized carbons (Fsp3) is 0.286. The minimum atomic E-state index is 0.912. The van der Waals surface area contributed by atoms with Crippen molar-refractivity contribution in [2.45, 2.75) is 26.9 Å². The molecule has 0 saturated carbocycles. The molecule has 0 bridgehead atoms. The van der Waals surface area contributed by atoms with Crippen molar-refractivity contribution < 1.29 is 0 Å². The predicted octanol–water partition coefficient (Wildman–Crippen LogP) is 2.55. The van der Waals surface area contributed by atoms with Crippen molar-refractivity contribution in [1.82, 2.24) is 19.1 Å². The van der Waals surface area contributed by atoms with E-state index in [1.54, 1.807) is 6.20 Å². The average Bonchev–Trinajstić information content (AvgIpc) is 2.97. The molecule has 2 heterocycles. The Hall–Kier alpha value is -2.10. The van der Waals surface area contributed by atoms with Crippen molar-refractivity contribution in [3.63, 3.8) is 0 Å². The molecular weight excluding hydrogens is 224 g/mol. The second-order valence-electron chi connectivity index (χ2n) is 4.66. The van der Waals surface area contributed by atoms with Crippen LogP contribution in [0, 0.1) is 13.8 Å². The number of benzene rings is 1. The molecule has 0 amide bonds. The standard InChI is InChI=1S/C14H16N4/c1-11-7-13-14(8-12(11)2)18(10-16-13)6-5-17-4-3-15-9-17/h3-4,7-10H,5-6H2,1-2H3. The summed E-state index contributed by atoms with van der Waals surface area (Å²) in [6.45, 7) is 6.09. The van der Waals surface area contributed by atoms with E-state index in [1.807, 2.05) is 18.9 Å². The van der Waals surface area contributed by atoms with E-state index >= 15 is 0 Å². The molecule has 18 heavy (non-hydrogen) atoms. The number of imidazole rings is 2. The molecule has 0 N–H and O–H groups in total. The van der Waals surface area contributed by atoms with Gasteiger partial charge in [-0.25, -0.2) is 9.97 Å². The van der Waals surface area contributed by atoms with E-state index in [0.29, 0.717) is 0 Å². The Morgan fingerprint density at radius 1 is 1.06 bits per heavy atom. The summed E-state index contributed by atoms with van der Waals surface area (Å²) < 4.78 is 4.27. The molecule has 0 spiro atoms. The van der Waals surface area contributed by atoms with Crippen molar-refractivity contribution in [1.29, 1.82) is 0 Å². The molecule has 0 aliphatic carbocycles. The highest BCUT2D eigenvalue weighted by molar-refractivity contribution is 5.77. The van der Waals surface area contributed by atoms with Gasteiger partial charge in [-0.15, -0.1) is 0 Å². The zero-order valence-corrected chi connectivity index (χ0v) is 10.7. The average molecular weight is 240 g/mol. The summed E-state index contributed by atoms with van der Waals surface area (Å²) in [6, 6.07) is 4.37. The first-order valence-electron chi connectivity index (χ1n) is 6.12. The molecule has 0 fully saturated rings. The third-order valence-corrected chi connectivity index (χ3v) is 3.39. The molecule has 1 aromatic carbocycles. The monoisotopic (exact) mass is 240 g/mol. The molecule has 3 aromatic rings. The van der Waals surface area contributed by atoms with Crippen LogP contribution >= 0.6 is 0 Å². The molecule has 4 heteroatoms. The Balaban J connectivity index is 1.90. The van der Waals surface area contributed by atoms with Gasteiger partial charge in [-0.2, -0.15) is 0 Å². The molecule has 2 aromatic heterocycles. The maximum atomic E-state index is 4.46. The lowest BCUT2D eigenvalue weighted by molar-refractivity contribution is 0.589. The van der Waals surface area contributed by atoms with Crippen LogP contribution in [0.15, 0.2) is 37.2 Å². The van der Waals surface area contributed by atoms with Gasteiger partial charge >= 0.3 is 0 Å². The number of hydrogen-bond acceptors (Lipinski definition) is 2. The summed E-state index contributed by atoms with van der Waals surface area (Å²) >= 11 is 0.